The fourth-order valence-corrected chi connectivity index (χ4v) is 12.4. The summed E-state index contributed by atoms with van der Waals surface area (Å²) in [4.78, 5) is 77.3. The van der Waals surface area contributed by atoms with E-state index in [9.17, 15) is 19.2 Å². The maximum absolute atomic E-state index is 16.8. The molecule has 4 fully saturated rings. The first kappa shape index (κ1) is 51.7. The summed E-state index contributed by atoms with van der Waals surface area (Å²) in [7, 11) is 2.56. The summed E-state index contributed by atoms with van der Waals surface area (Å²) in [6.45, 7) is 16.5. The highest BCUT2D eigenvalue weighted by molar-refractivity contribution is 5.87. The number of rotatable bonds is 12. The lowest BCUT2D eigenvalue weighted by molar-refractivity contribution is -0.136. The molecule has 0 spiro atoms. The lowest BCUT2D eigenvalue weighted by atomic mass is 9.75. The first-order valence-electron chi connectivity index (χ1n) is 26.4. The molecule has 73 heavy (non-hydrogen) atoms. The topological polar surface area (TPSA) is 181 Å². The Labute approximate surface area is 426 Å². The van der Waals surface area contributed by atoms with E-state index in [1.54, 1.807) is 9.80 Å². The molecule has 4 aromatic rings. The predicted octanol–water partition coefficient (Wildman–Crippen LogP) is 7.91. The van der Waals surface area contributed by atoms with Crippen LogP contribution >= 0.6 is 0 Å². The van der Waals surface area contributed by atoms with E-state index in [1.807, 2.05) is 38.7 Å². The van der Waals surface area contributed by atoms with Crippen LogP contribution in [0.3, 0.4) is 0 Å². The molecule has 4 N–H and O–H groups in total. The van der Waals surface area contributed by atoms with Gasteiger partial charge >= 0.3 is 12.2 Å². The molecular formula is C55H74F2N10O6. The molecule has 0 radical (unpaired) electrons. The van der Waals surface area contributed by atoms with Gasteiger partial charge in [0.25, 0.3) is 0 Å². The number of hydrogen-bond acceptors (Lipinski definition) is 10. The van der Waals surface area contributed by atoms with E-state index in [0.717, 1.165) is 65.8 Å². The van der Waals surface area contributed by atoms with Crippen LogP contribution in [0, 0.1) is 40.7 Å². The van der Waals surface area contributed by atoms with Crippen LogP contribution in [-0.4, -0.2) is 112 Å². The van der Waals surface area contributed by atoms with Crippen LogP contribution in [0.1, 0.15) is 142 Å². The van der Waals surface area contributed by atoms with E-state index in [-0.39, 0.29) is 64.8 Å². The van der Waals surface area contributed by atoms with Gasteiger partial charge in [-0.05, 0) is 111 Å². The summed E-state index contributed by atoms with van der Waals surface area (Å²) in [5, 5.41) is 7.09. The van der Waals surface area contributed by atoms with E-state index in [1.165, 1.54) is 26.4 Å². The van der Waals surface area contributed by atoms with Crippen LogP contribution in [0.5, 0.6) is 0 Å². The summed E-state index contributed by atoms with van der Waals surface area (Å²) in [6, 6.07) is 6.62. The molecule has 2 aromatic carbocycles. The van der Waals surface area contributed by atoms with Crippen molar-refractivity contribution >= 4 is 58.6 Å². The maximum Gasteiger partial charge on any atom is 0.407 e. The second kappa shape index (κ2) is 21.0. The number of nitrogens with one attached hydrogen (secondary N) is 4. The Morgan fingerprint density at radius 1 is 0.726 bits per heavy atom. The number of imidazole rings is 2. The first-order chi connectivity index (χ1) is 34.8. The molecule has 2 aromatic heterocycles. The van der Waals surface area contributed by atoms with Crippen molar-refractivity contribution in [1.82, 2.24) is 40.4 Å². The number of amides is 4. The van der Waals surface area contributed by atoms with E-state index in [2.05, 4.69) is 70.6 Å². The molecule has 4 saturated heterocycles. The molecule has 9 rings (SSSR count). The SMILES string of the molecule is COC(=O)N[C@H](C(=O)N1CCC[C@H]1c1nc2c([nH]1)=CCC([C@H]1CC[C@H](c3ccc4[nH]c([C@@H]5CCCN5C(=O)[C@@H](NC(=O)OC)C(C)C)nc4c3)N1c1cc(F)c(N3CCC(C(C)(C)C)CC3)c(F)c1)C=2)C(C)C. The van der Waals surface area contributed by atoms with Crippen molar-refractivity contribution in [3.63, 3.8) is 0 Å². The zero-order chi connectivity index (χ0) is 52.0. The summed E-state index contributed by atoms with van der Waals surface area (Å²) in [6.07, 6.45) is 9.85. The Morgan fingerprint density at radius 2 is 1.30 bits per heavy atom. The second-order valence-corrected chi connectivity index (χ2v) is 22.6. The lowest BCUT2D eigenvalue weighted by Crippen LogP contribution is -2.51. The van der Waals surface area contributed by atoms with Crippen molar-refractivity contribution in [2.45, 2.75) is 143 Å². The van der Waals surface area contributed by atoms with Crippen LogP contribution in [0.2, 0.25) is 0 Å². The number of ether oxygens (including phenoxy) is 2. The van der Waals surface area contributed by atoms with Crippen LogP contribution < -0.4 is 31.1 Å². The molecule has 6 heterocycles. The van der Waals surface area contributed by atoms with E-state index < -0.39 is 35.9 Å². The summed E-state index contributed by atoms with van der Waals surface area (Å²) < 4.78 is 43.2. The molecule has 0 saturated carbocycles. The van der Waals surface area contributed by atoms with Gasteiger partial charge in [-0.15, -0.1) is 0 Å². The number of carbonyl (C=O) groups is 4. The minimum absolute atomic E-state index is 0.0283. The van der Waals surface area contributed by atoms with Gasteiger partial charge in [0.05, 0.1) is 54.1 Å². The Balaban J connectivity index is 1.03. The Bertz CT molecular complexity index is 2810. The first-order valence-corrected chi connectivity index (χ1v) is 26.4. The monoisotopic (exact) mass is 1010 g/mol. The Morgan fingerprint density at radius 3 is 1.85 bits per heavy atom. The van der Waals surface area contributed by atoms with Crippen LogP contribution in [0.15, 0.2) is 30.3 Å². The number of halogens is 2. The molecule has 1 aliphatic carbocycles. The van der Waals surface area contributed by atoms with Crippen LogP contribution in [0.4, 0.5) is 29.7 Å². The summed E-state index contributed by atoms with van der Waals surface area (Å²) in [5.41, 5.74) is 3.11. The van der Waals surface area contributed by atoms with E-state index in [0.29, 0.717) is 68.7 Å². The van der Waals surface area contributed by atoms with Gasteiger partial charge < -0.3 is 49.7 Å². The number of anilines is 2. The average molecular weight is 1010 g/mol. The standard InChI is InChI=1S/C55H74F2N10O6/c1-30(2)46(62-53(70)72-8)51(68)65-22-10-12-44(65)49-58-38-16-14-32(26-40(38)60-49)42-18-19-43(67(42)35-28-36(56)48(37(57)29-35)64-24-20-34(21-25-64)55(5,6)7)33-15-17-39-41(27-33)61-50(59-39)45-13-11-23-66(45)52(69)47(31(3)4)63-54(71)73-9/h14,16-17,26-31,33-34,42-47H,10-13,15,18-25H2,1-9H3,(H,58,60)(H,59,61)(H,62,70)(H,63,71)/t33?,42-,43-,44+,45+,46+,47+/m1/s1. The van der Waals surface area contributed by atoms with Gasteiger partial charge in [0.2, 0.25) is 11.8 Å². The second-order valence-electron chi connectivity index (χ2n) is 22.6. The van der Waals surface area contributed by atoms with Gasteiger partial charge in [0, 0.05) is 43.8 Å². The van der Waals surface area contributed by atoms with Gasteiger partial charge in [-0.25, -0.2) is 28.3 Å². The number of fused-ring (bicyclic) bond motifs is 2. The highest BCUT2D eigenvalue weighted by atomic mass is 19.1. The zero-order valence-electron chi connectivity index (χ0n) is 43.9. The number of benzene rings is 2. The fourth-order valence-electron chi connectivity index (χ4n) is 12.4. The number of piperidine rings is 1. The number of nitrogens with zero attached hydrogens (tertiary/aromatic N) is 6. The quantitative estimate of drug-likeness (QED) is 0.109. The molecule has 7 atom stereocenters. The van der Waals surface area contributed by atoms with Crippen molar-refractivity contribution in [3.05, 3.63) is 69.9 Å². The number of likely N-dealkylation sites (tertiary alicyclic amines) is 2. The number of hydrogen-bond donors (Lipinski definition) is 4. The highest BCUT2D eigenvalue weighted by Crippen LogP contribution is 2.46. The molecule has 1 unspecified atom stereocenters. The minimum atomic E-state index is -0.760. The summed E-state index contributed by atoms with van der Waals surface area (Å²) >= 11 is 0. The summed E-state index contributed by atoms with van der Waals surface area (Å²) in [5.74, 6) is -0.101. The number of aromatic nitrogens is 4. The van der Waals surface area contributed by atoms with Crippen LogP contribution in [0.25, 0.3) is 23.2 Å². The largest absolute Gasteiger partial charge is 0.453 e. The molecule has 4 amide bonds. The molecule has 5 aliphatic rings. The van der Waals surface area contributed by atoms with E-state index in [4.69, 9.17) is 19.4 Å². The van der Waals surface area contributed by atoms with E-state index >= 15 is 8.78 Å². The molecular weight excluding hydrogens is 935 g/mol. The third kappa shape index (κ3) is 10.4. The molecule has 0 bridgehead atoms. The third-order valence-electron chi connectivity index (χ3n) is 16.4. The molecule has 16 nitrogen and oxygen atoms in total. The van der Waals surface area contributed by atoms with Crippen molar-refractivity contribution in [1.29, 1.82) is 0 Å². The number of carbonyl (C=O) groups excluding carboxylic acids is 4. The lowest BCUT2D eigenvalue weighted by Gasteiger charge is -2.40. The Kier molecular flexibility index (Phi) is 14.8. The average Bonchev–Trinajstić information content (AvgIpc) is 4.22. The van der Waals surface area contributed by atoms with Gasteiger partial charge in [0.15, 0.2) is 11.6 Å². The normalized spacial score (nSPS) is 23.4. The predicted molar refractivity (Wildman–Crippen MR) is 276 cm³/mol. The van der Waals surface area contributed by atoms with Crippen molar-refractivity contribution in [2.24, 2.45) is 29.1 Å². The van der Waals surface area contributed by atoms with Gasteiger partial charge in [-0.1, -0.05) is 66.7 Å². The fraction of sp³-hybridized carbons (Fsp3) is 0.600. The number of aromatic amines is 2. The molecule has 394 valence electrons. The number of methoxy groups -OCH3 is 2. The third-order valence-corrected chi connectivity index (χ3v) is 16.4. The number of alkyl carbamates (subject to hydrolysis) is 2. The zero-order valence-corrected chi connectivity index (χ0v) is 43.9. The smallest absolute Gasteiger partial charge is 0.407 e. The van der Waals surface area contributed by atoms with Crippen molar-refractivity contribution in [2.75, 3.05) is 50.2 Å². The Hall–Kier alpha value is -6.20. The number of H-pyrrole nitrogens is 2. The van der Waals surface area contributed by atoms with Crippen molar-refractivity contribution < 1.29 is 37.4 Å². The van der Waals surface area contributed by atoms with Crippen LogP contribution in [-0.2, 0) is 19.1 Å². The molecule has 18 heteroatoms. The minimum Gasteiger partial charge on any atom is -0.453 e. The van der Waals surface area contributed by atoms with Crippen molar-refractivity contribution in [3.8, 4) is 0 Å². The maximum atomic E-state index is 16.8. The van der Waals surface area contributed by atoms with Gasteiger partial charge in [-0.3, -0.25) is 9.59 Å². The highest BCUT2D eigenvalue weighted by Gasteiger charge is 2.43. The molecule has 4 aliphatic heterocycles. The van der Waals surface area contributed by atoms with Gasteiger partial charge in [-0.2, -0.15) is 0 Å². The van der Waals surface area contributed by atoms with Gasteiger partial charge in [0.1, 0.15) is 29.4 Å².